The average molecular weight is 287 g/mol. The molecule has 1 aromatic carbocycles. The van der Waals surface area contributed by atoms with Crippen LogP contribution in [0.25, 0.3) is 5.69 Å². The molecule has 7 nitrogen and oxygen atoms in total. The van der Waals surface area contributed by atoms with Gasteiger partial charge in [-0.05, 0) is 37.1 Å². The van der Waals surface area contributed by atoms with Crippen LogP contribution in [-0.2, 0) is 9.53 Å². The lowest BCUT2D eigenvalue weighted by atomic mass is 10.2. The highest BCUT2D eigenvalue weighted by molar-refractivity contribution is 5.94. The molecule has 0 bridgehead atoms. The SMILES string of the molecule is NCC1CCC(C(=O)Nc2ccc(-n3nccn3)cc2)O1. The molecule has 7 heteroatoms. The summed E-state index contributed by atoms with van der Waals surface area (Å²) < 4.78 is 5.57. The summed E-state index contributed by atoms with van der Waals surface area (Å²) in [5.41, 5.74) is 7.09. The number of amides is 1. The van der Waals surface area contributed by atoms with E-state index in [2.05, 4.69) is 15.5 Å². The van der Waals surface area contributed by atoms with Crippen LogP contribution in [0.15, 0.2) is 36.7 Å². The van der Waals surface area contributed by atoms with Crippen molar-refractivity contribution in [2.75, 3.05) is 11.9 Å². The number of carbonyl (C=O) groups is 1. The van der Waals surface area contributed by atoms with Gasteiger partial charge < -0.3 is 15.8 Å². The number of hydrogen-bond donors (Lipinski definition) is 2. The number of aromatic nitrogens is 3. The smallest absolute Gasteiger partial charge is 0.253 e. The summed E-state index contributed by atoms with van der Waals surface area (Å²) in [6.07, 6.45) is 4.35. The number of ether oxygens (including phenoxy) is 1. The molecule has 1 aromatic heterocycles. The zero-order valence-corrected chi connectivity index (χ0v) is 11.5. The number of carbonyl (C=O) groups excluding carboxylic acids is 1. The van der Waals surface area contributed by atoms with E-state index < -0.39 is 6.10 Å². The first-order valence-electron chi connectivity index (χ1n) is 6.89. The number of rotatable bonds is 4. The van der Waals surface area contributed by atoms with E-state index in [1.165, 1.54) is 4.80 Å². The molecule has 0 saturated carbocycles. The van der Waals surface area contributed by atoms with Crippen molar-refractivity contribution in [2.24, 2.45) is 5.73 Å². The second-order valence-corrected chi connectivity index (χ2v) is 4.91. The molecule has 2 atom stereocenters. The average Bonchev–Trinajstić information content (AvgIpc) is 3.19. The minimum absolute atomic E-state index is 0.00554. The van der Waals surface area contributed by atoms with Gasteiger partial charge in [-0.15, -0.1) is 0 Å². The largest absolute Gasteiger partial charge is 0.364 e. The minimum Gasteiger partial charge on any atom is -0.364 e. The van der Waals surface area contributed by atoms with Crippen molar-refractivity contribution >= 4 is 11.6 Å². The molecule has 2 heterocycles. The van der Waals surface area contributed by atoms with Crippen LogP contribution in [0.3, 0.4) is 0 Å². The van der Waals surface area contributed by atoms with E-state index in [1.54, 1.807) is 12.4 Å². The van der Waals surface area contributed by atoms with Crippen LogP contribution in [0.5, 0.6) is 0 Å². The monoisotopic (exact) mass is 287 g/mol. The zero-order chi connectivity index (χ0) is 14.7. The first-order valence-corrected chi connectivity index (χ1v) is 6.89. The van der Waals surface area contributed by atoms with Crippen LogP contribution >= 0.6 is 0 Å². The summed E-state index contributed by atoms with van der Waals surface area (Å²) in [5.74, 6) is -0.129. The summed E-state index contributed by atoms with van der Waals surface area (Å²) in [7, 11) is 0. The van der Waals surface area contributed by atoms with Crippen LogP contribution in [0.1, 0.15) is 12.8 Å². The van der Waals surface area contributed by atoms with Gasteiger partial charge in [0.15, 0.2) is 0 Å². The van der Waals surface area contributed by atoms with Crippen molar-refractivity contribution in [1.29, 1.82) is 0 Å². The Hall–Kier alpha value is -2.25. The van der Waals surface area contributed by atoms with Crippen molar-refractivity contribution < 1.29 is 9.53 Å². The van der Waals surface area contributed by atoms with E-state index >= 15 is 0 Å². The van der Waals surface area contributed by atoms with Crippen molar-refractivity contribution in [3.05, 3.63) is 36.7 Å². The Kier molecular flexibility index (Phi) is 3.94. The number of hydrogen-bond acceptors (Lipinski definition) is 5. The predicted molar refractivity (Wildman–Crippen MR) is 76.9 cm³/mol. The molecule has 1 aliphatic rings. The van der Waals surface area contributed by atoms with Crippen molar-refractivity contribution in [3.63, 3.8) is 0 Å². The lowest BCUT2D eigenvalue weighted by Gasteiger charge is -2.12. The van der Waals surface area contributed by atoms with E-state index in [0.29, 0.717) is 13.0 Å². The van der Waals surface area contributed by atoms with E-state index in [0.717, 1.165) is 17.8 Å². The van der Waals surface area contributed by atoms with Crippen molar-refractivity contribution in [1.82, 2.24) is 15.0 Å². The van der Waals surface area contributed by atoms with Gasteiger partial charge in [-0.2, -0.15) is 15.0 Å². The molecule has 2 aromatic rings. The van der Waals surface area contributed by atoms with Crippen LogP contribution in [-0.4, -0.2) is 39.7 Å². The minimum atomic E-state index is -0.411. The van der Waals surface area contributed by atoms with Gasteiger partial charge in [0, 0.05) is 12.2 Å². The summed E-state index contributed by atoms with van der Waals surface area (Å²) in [5, 5.41) is 10.9. The van der Waals surface area contributed by atoms with Gasteiger partial charge >= 0.3 is 0 Å². The molecule has 2 unspecified atom stereocenters. The van der Waals surface area contributed by atoms with Gasteiger partial charge in [-0.25, -0.2) is 0 Å². The molecule has 0 spiro atoms. The maximum Gasteiger partial charge on any atom is 0.253 e. The molecule has 1 amide bonds. The van der Waals surface area contributed by atoms with Gasteiger partial charge in [0.05, 0.1) is 24.2 Å². The third-order valence-corrected chi connectivity index (χ3v) is 3.45. The van der Waals surface area contributed by atoms with Crippen LogP contribution in [0.2, 0.25) is 0 Å². The zero-order valence-electron chi connectivity index (χ0n) is 11.5. The molecular formula is C14H17N5O2. The number of benzene rings is 1. The maximum atomic E-state index is 12.1. The normalized spacial score (nSPS) is 21.4. The number of nitrogens with two attached hydrogens (primary N) is 1. The van der Waals surface area contributed by atoms with Crippen LogP contribution in [0.4, 0.5) is 5.69 Å². The molecule has 3 rings (SSSR count). The number of nitrogens with one attached hydrogen (secondary N) is 1. The van der Waals surface area contributed by atoms with E-state index in [1.807, 2.05) is 24.3 Å². The van der Waals surface area contributed by atoms with Gasteiger partial charge in [0.25, 0.3) is 5.91 Å². The molecule has 1 fully saturated rings. The Bertz CT molecular complexity index is 596. The Morgan fingerprint density at radius 1 is 1.29 bits per heavy atom. The predicted octanol–water partition coefficient (Wildman–Crippen LogP) is 0.712. The summed E-state index contributed by atoms with van der Waals surface area (Å²) >= 11 is 0. The summed E-state index contributed by atoms with van der Waals surface area (Å²) in [4.78, 5) is 13.6. The first kappa shape index (κ1) is 13.7. The molecule has 1 aliphatic heterocycles. The van der Waals surface area contributed by atoms with Gasteiger partial charge in [-0.1, -0.05) is 0 Å². The Labute approximate surface area is 122 Å². The highest BCUT2D eigenvalue weighted by atomic mass is 16.5. The topological polar surface area (TPSA) is 95.1 Å². The van der Waals surface area contributed by atoms with E-state index in [-0.39, 0.29) is 12.0 Å². The van der Waals surface area contributed by atoms with Gasteiger partial charge in [0.2, 0.25) is 0 Å². The van der Waals surface area contributed by atoms with Crippen molar-refractivity contribution in [2.45, 2.75) is 25.0 Å². The third kappa shape index (κ3) is 3.09. The van der Waals surface area contributed by atoms with Crippen LogP contribution < -0.4 is 11.1 Å². The second kappa shape index (κ2) is 6.02. The third-order valence-electron chi connectivity index (χ3n) is 3.45. The summed E-state index contributed by atoms with van der Waals surface area (Å²) in [6, 6.07) is 7.31. The fourth-order valence-electron chi connectivity index (χ4n) is 2.32. The number of nitrogens with zero attached hydrogens (tertiary/aromatic N) is 3. The quantitative estimate of drug-likeness (QED) is 0.863. The highest BCUT2D eigenvalue weighted by Gasteiger charge is 2.29. The molecule has 1 saturated heterocycles. The molecular weight excluding hydrogens is 270 g/mol. The summed E-state index contributed by atoms with van der Waals surface area (Å²) in [6.45, 7) is 0.454. The number of anilines is 1. The Morgan fingerprint density at radius 2 is 2.00 bits per heavy atom. The lowest BCUT2D eigenvalue weighted by Crippen LogP contribution is -2.29. The van der Waals surface area contributed by atoms with Gasteiger partial charge in [0.1, 0.15) is 6.10 Å². The van der Waals surface area contributed by atoms with Crippen LogP contribution in [0, 0.1) is 0 Å². The second-order valence-electron chi connectivity index (χ2n) is 4.91. The Balaban J connectivity index is 1.62. The molecule has 110 valence electrons. The Morgan fingerprint density at radius 3 is 2.62 bits per heavy atom. The molecule has 0 aliphatic carbocycles. The van der Waals surface area contributed by atoms with Crippen molar-refractivity contribution in [3.8, 4) is 5.69 Å². The van der Waals surface area contributed by atoms with E-state index in [4.69, 9.17) is 10.5 Å². The lowest BCUT2D eigenvalue weighted by molar-refractivity contribution is -0.126. The highest BCUT2D eigenvalue weighted by Crippen LogP contribution is 2.20. The van der Waals surface area contributed by atoms with Gasteiger partial charge in [-0.3, -0.25) is 4.79 Å². The fraction of sp³-hybridized carbons (Fsp3) is 0.357. The first-order chi connectivity index (χ1) is 10.3. The fourth-order valence-corrected chi connectivity index (χ4v) is 2.32. The van der Waals surface area contributed by atoms with E-state index in [9.17, 15) is 4.79 Å². The maximum absolute atomic E-state index is 12.1. The molecule has 0 radical (unpaired) electrons. The molecule has 21 heavy (non-hydrogen) atoms. The standard InChI is InChI=1S/C14H17N5O2/c15-9-12-5-6-13(21-12)14(20)18-10-1-3-11(4-2-10)19-16-7-8-17-19/h1-4,7-8,12-13H,5-6,9,15H2,(H,18,20). The molecule has 3 N–H and O–H groups in total.